The van der Waals surface area contributed by atoms with Gasteiger partial charge in [-0.05, 0) is 65.0 Å². The van der Waals surface area contributed by atoms with E-state index in [1.807, 2.05) is 13.8 Å². The van der Waals surface area contributed by atoms with E-state index >= 15 is 0 Å². The zero-order chi connectivity index (χ0) is 30.5. The highest BCUT2D eigenvalue weighted by atomic mass is 32.1. The number of ether oxygens (including phenoxy) is 5. The second-order valence-corrected chi connectivity index (χ2v) is 14.1. The summed E-state index contributed by atoms with van der Waals surface area (Å²) in [6.45, 7) is 19.9. The van der Waals surface area contributed by atoms with Gasteiger partial charge in [-0.3, -0.25) is 0 Å². The zero-order valence-corrected chi connectivity index (χ0v) is 27.1. The molecule has 12 heteroatoms. The summed E-state index contributed by atoms with van der Waals surface area (Å²) in [7, 11) is 1.67. The van der Waals surface area contributed by atoms with Crippen LogP contribution in [0.2, 0.25) is 0 Å². The van der Waals surface area contributed by atoms with Crippen molar-refractivity contribution in [2.45, 2.75) is 128 Å². The van der Waals surface area contributed by atoms with Crippen LogP contribution in [0.4, 0.5) is 0 Å². The molecule has 236 valence electrons. The van der Waals surface area contributed by atoms with Crippen LogP contribution in [0.5, 0.6) is 0 Å². The van der Waals surface area contributed by atoms with E-state index in [1.54, 1.807) is 34.8 Å². The molecule has 3 fully saturated rings. The van der Waals surface area contributed by atoms with Crippen LogP contribution in [0.3, 0.4) is 0 Å². The molecule has 0 saturated carbocycles. The van der Waals surface area contributed by atoms with Gasteiger partial charge in [-0.25, -0.2) is 0 Å². The van der Waals surface area contributed by atoms with E-state index in [9.17, 15) is 10.2 Å². The highest BCUT2D eigenvalue weighted by molar-refractivity contribution is 7.74. The Hall–Kier alpha value is -0.0900. The summed E-state index contributed by atoms with van der Waals surface area (Å²) in [4.78, 5) is 5.71. The van der Waals surface area contributed by atoms with Gasteiger partial charge in [0.05, 0.1) is 55.3 Å². The molecule has 0 aromatic rings. The third kappa shape index (κ3) is 4.78. The van der Waals surface area contributed by atoms with Crippen LogP contribution in [0.1, 0.15) is 88.5 Å². The summed E-state index contributed by atoms with van der Waals surface area (Å²) in [5.41, 5.74) is -8.73. The largest absolute Gasteiger partial charge is 0.393 e. The molecule has 3 saturated heterocycles. The Bertz CT molecular complexity index is 885. The van der Waals surface area contributed by atoms with Crippen molar-refractivity contribution in [3.8, 4) is 0 Å². The molecule has 2 N–H and O–H groups in total. The van der Waals surface area contributed by atoms with Crippen LogP contribution < -0.4 is 0 Å². The van der Waals surface area contributed by atoms with Crippen LogP contribution in [0, 0.1) is 10.8 Å². The third-order valence-corrected chi connectivity index (χ3v) is 11.4. The number of aliphatic hydroxyl groups is 2. The Morgan fingerprint density at radius 2 is 1.48 bits per heavy atom. The highest BCUT2D eigenvalue weighted by Crippen LogP contribution is 2.63. The maximum absolute atomic E-state index is 12.3. The lowest BCUT2D eigenvalue weighted by Gasteiger charge is -2.68. The first-order valence-corrected chi connectivity index (χ1v) is 14.4. The minimum absolute atomic E-state index is 0.0270. The number of hydrogen-bond acceptors (Lipinski definition) is 12. The maximum atomic E-state index is 12.3. The number of aliphatic hydroxyl groups excluding tert-OH is 1. The summed E-state index contributed by atoms with van der Waals surface area (Å²) in [6.07, 6.45) is 1.85. The molecule has 11 nitrogen and oxygen atoms in total. The number of rotatable bonds is 13. The predicted octanol–water partition coefficient (Wildman–Crippen LogP) is 3.89. The summed E-state index contributed by atoms with van der Waals surface area (Å²) >= 11 is 3.50. The molecule has 0 aromatic heterocycles. The van der Waals surface area contributed by atoms with Crippen molar-refractivity contribution in [3.63, 3.8) is 0 Å². The fourth-order valence-electron chi connectivity index (χ4n) is 7.93. The van der Waals surface area contributed by atoms with Crippen molar-refractivity contribution in [1.29, 1.82) is 0 Å². The number of hydrogen-bond donors (Lipinski definition) is 3. The van der Waals surface area contributed by atoms with E-state index in [-0.39, 0.29) is 6.61 Å². The Morgan fingerprint density at radius 1 is 0.825 bits per heavy atom. The second-order valence-electron chi connectivity index (χ2n) is 13.9. The molecule has 3 aliphatic heterocycles. The van der Waals surface area contributed by atoms with E-state index in [2.05, 4.69) is 50.0 Å². The number of fused-ring (bicyclic) bond motifs is 2. The quantitative estimate of drug-likeness (QED) is 0.0943. The van der Waals surface area contributed by atoms with Crippen molar-refractivity contribution < 1.29 is 53.2 Å². The van der Waals surface area contributed by atoms with Crippen LogP contribution in [-0.2, 0) is 43.0 Å². The van der Waals surface area contributed by atoms with Crippen molar-refractivity contribution in [2.75, 3.05) is 40.1 Å². The Labute approximate surface area is 244 Å². The molecule has 2 bridgehead atoms. The summed E-state index contributed by atoms with van der Waals surface area (Å²) in [6, 6.07) is 0. The Morgan fingerprint density at radius 3 is 2.00 bits per heavy atom. The normalized spacial score (nSPS) is 50.9. The van der Waals surface area contributed by atoms with Gasteiger partial charge in [-0.1, -0.05) is 27.2 Å². The lowest BCUT2D eigenvalue weighted by Crippen LogP contribution is -2.82. The van der Waals surface area contributed by atoms with Gasteiger partial charge >= 0.3 is 0 Å². The van der Waals surface area contributed by atoms with Crippen LogP contribution >= 0.6 is 12.9 Å². The van der Waals surface area contributed by atoms with Gasteiger partial charge in [-0.15, -0.1) is 4.33 Å². The Balaban J connectivity index is 1.92. The molecule has 3 heterocycles. The van der Waals surface area contributed by atoms with Gasteiger partial charge in [0.2, 0.25) is 0 Å². The maximum Gasteiger partial charge on any atom is 0.143 e. The second kappa shape index (κ2) is 11.1. The molecule has 0 spiro atoms. The molecule has 0 amide bonds. The monoisotopic (exact) mass is 596 g/mol. The molecule has 0 radical (unpaired) electrons. The Kier molecular flexibility index (Phi) is 9.56. The zero-order valence-electron chi connectivity index (χ0n) is 26.2. The summed E-state index contributed by atoms with van der Waals surface area (Å²) in [5, 5.41) is 32.2. The fourth-order valence-corrected chi connectivity index (χ4v) is 7.96. The van der Waals surface area contributed by atoms with E-state index in [1.165, 1.54) is 0 Å². The highest BCUT2D eigenvalue weighted by Gasteiger charge is 2.76. The van der Waals surface area contributed by atoms with Crippen LogP contribution in [0.25, 0.3) is 0 Å². The van der Waals surface area contributed by atoms with Crippen molar-refractivity contribution >= 4 is 12.9 Å². The number of thiol groups is 1. The van der Waals surface area contributed by atoms with Crippen molar-refractivity contribution in [3.05, 3.63) is 0 Å². The van der Waals surface area contributed by atoms with Gasteiger partial charge in [0.15, 0.2) is 0 Å². The smallest absolute Gasteiger partial charge is 0.143 e. The average Bonchev–Trinajstić information content (AvgIpc) is 2.95. The predicted molar refractivity (Wildman–Crippen MR) is 148 cm³/mol. The lowest BCUT2D eigenvalue weighted by molar-refractivity contribution is -0.644. The molecule has 0 aliphatic carbocycles. The van der Waals surface area contributed by atoms with Gasteiger partial charge in [-0.2, -0.15) is 4.89 Å². The SMILES string of the molecule is CCC[C@@]1(C)C(C)(O)[C@](C)(COC[C@@]2(C)C3(C)CO[C@@]2(C)C[C@@](C)(COC)O3)OC(C)(CO)[C@]1(C)OOOOS. The van der Waals surface area contributed by atoms with Crippen molar-refractivity contribution in [2.24, 2.45) is 10.8 Å². The van der Waals surface area contributed by atoms with Crippen LogP contribution in [0.15, 0.2) is 0 Å². The fraction of sp³-hybridized carbons (Fsp3) is 1.00. The molecular weight excluding hydrogens is 544 g/mol. The average molecular weight is 597 g/mol. The van der Waals surface area contributed by atoms with Crippen molar-refractivity contribution in [1.82, 2.24) is 0 Å². The molecular formula is C28H52O11S. The minimum atomic E-state index is -1.53. The van der Waals surface area contributed by atoms with Gasteiger partial charge < -0.3 is 33.9 Å². The van der Waals surface area contributed by atoms with Gasteiger partial charge in [0.1, 0.15) is 22.4 Å². The first kappa shape index (κ1) is 34.4. The van der Waals surface area contributed by atoms with Crippen LogP contribution in [-0.4, -0.2) is 89.6 Å². The van der Waals surface area contributed by atoms with E-state index in [0.29, 0.717) is 39.1 Å². The third-order valence-electron chi connectivity index (χ3n) is 11.3. The summed E-state index contributed by atoms with van der Waals surface area (Å²) in [5.74, 6) is 0. The van der Waals surface area contributed by atoms with E-state index in [4.69, 9.17) is 33.6 Å². The topological polar surface area (TPSA) is 124 Å². The minimum Gasteiger partial charge on any atom is -0.393 e. The molecule has 0 aromatic carbocycles. The van der Waals surface area contributed by atoms with Gasteiger partial charge in [0.25, 0.3) is 0 Å². The lowest BCUT2D eigenvalue weighted by atomic mass is 9.50. The standard InChI is InChI=1S/C28H52O11S/c1-12-13-21(3)27(9,30)26(8,35-24(6,15-29)28(21,10)36-37-38-39-40)18-32-17-22(4)23(5)14-20(2,16-31-11)34-25(22,7)19-33-23/h29-30,40H,12-19H2,1-11H3/t20-,21-,22+,23-,24?,25?,26-,27?,28+/m0/s1. The first-order chi connectivity index (χ1) is 18.3. The summed E-state index contributed by atoms with van der Waals surface area (Å²) < 4.78 is 35.8. The molecule has 3 unspecified atom stereocenters. The molecule has 40 heavy (non-hydrogen) atoms. The van der Waals surface area contributed by atoms with E-state index < -0.39 is 56.6 Å². The van der Waals surface area contributed by atoms with Gasteiger partial charge in [0, 0.05) is 31.9 Å². The molecule has 3 aliphatic rings. The first-order valence-electron chi connectivity index (χ1n) is 14.0. The van der Waals surface area contributed by atoms with E-state index in [0.717, 1.165) is 0 Å². The molecule has 9 atom stereocenters. The number of methoxy groups -OCH3 is 1. The molecule has 3 rings (SSSR count).